The van der Waals surface area contributed by atoms with Gasteiger partial charge in [-0.05, 0) is 53.3 Å². The van der Waals surface area contributed by atoms with Crippen LogP contribution in [0.3, 0.4) is 0 Å². The summed E-state index contributed by atoms with van der Waals surface area (Å²) >= 11 is 1.65. The highest BCUT2D eigenvalue weighted by molar-refractivity contribution is 7.22. The summed E-state index contributed by atoms with van der Waals surface area (Å²) in [5, 5.41) is 1.15. The smallest absolute Gasteiger partial charge is 0.259 e. The fourth-order valence-electron chi connectivity index (χ4n) is 6.02. The Balaban J connectivity index is 1.37. The monoisotopic (exact) mass is 563 g/mol. The highest BCUT2D eigenvalue weighted by Crippen LogP contribution is 2.42. The molecule has 0 aliphatic rings. The number of imidazole rings is 1. The van der Waals surface area contributed by atoms with Crippen LogP contribution in [0, 0.1) is 6.92 Å². The van der Waals surface area contributed by atoms with Gasteiger partial charge >= 0.3 is 0 Å². The van der Waals surface area contributed by atoms with E-state index in [0.717, 1.165) is 38.3 Å². The molecule has 0 N–H and O–H groups in total. The largest absolute Gasteiger partial charge is 0.316 e. The lowest BCUT2D eigenvalue weighted by molar-refractivity contribution is 0.502. The van der Waals surface area contributed by atoms with E-state index in [-0.39, 0.29) is 5.56 Å². The van der Waals surface area contributed by atoms with Crippen LogP contribution in [0.2, 0.25) is 0 Å². The lowest BCUT2D eigenvalue weighted by Crippen LogP contribution is -2.38. The zero-order valence-corrected chi connectivity index (χ0v) is 24.0. The zero-order valence-electron chi connectivity index (χ0n) is 23.2. The molecule has 0 fully saturated rings. The first-order valence-electron chi connectivity index (χ1n) is 14.0. The van der Waals surface area contributed by atoms with Gasteiger partial charge in [0.1, 0.15) is 5.54 Å². The third kappa shape index (κ3) is 4.30. The number of nitrogens with zero attached hydrogens (tertiary/aromatic N) is 3. The number of thiophene rings is 1. The molecule has 204 valence electrons. The molecule has 4 aromatic carbocycles. The van der Waals surface area contributed by atoms with Gasteiger partial charge in [0.2, 0.25) is 0 Å². The van der Waals surface area contributed by atoms with E-state index in [9.17, 15) is 4.79 Å². The van der Waals surface area contributed by atoms with Crippen molar-refractivity contribution in [2.24, 2.45) is 0 Å². The molecule has 0 spiro atoms. The average molecular weight is 564 g/mol. The molecule has 3 heterocycles. The van der Waals surface area contributed by atoms with E-state index < -0.39 is 5.54 Å². The van der Waals surface area contributed by atoms with Crippen molar-refractivity contribution in [3.8, 4) is 10.4 Å². The van der Waals surface area contributed by atoms with Crippen molar-refractivity contribution in [3.63, 3.8) is 0 Å². The van der Waals surface area contributed by atoms with Crippen molar-refractivity contribution in [3.05, 3.63) is 184 Å². The number of aromatic nitrogens is 3. The molecule has 0 unspecified atom stereocenters. The number of fused-ring (bicyclic) bond motifs is 1. The molecule has 7 aromatic rings. The van der Waals surface area contributed by atoms with Crippen LogP contribution in [-0.4, -0.2) is 14.1 Å². The Morgan fingerprint density at radius 2 is 1.29 bits per heavy atom. The summed E-state index contributed by atoms with van der Waals surface area (Å²) in [6.45, 7) is 2.48. The second-order valence-corrected chi connectivity index (χ2v) is 11.5. The minimum atomic E-state index is -0.650. The predicted molar refractivity (Wildman–Crippen MR) is 172 cm³/mol. The molecule has 3 aromatic heterocycles. The van der Waals surface area contributed by atoms with E-state index in [1.165, 1.54) is 4.70 Å². The van der Waals surface area contributed by atoms with Crippen LogP contribution in [0.5, 0.6) is 0 Å². The Hall–Kier alpha value is -5.00. The topological polar surface area (TPSA) is 39.8 Å². The Labute approximate surface area is 248 Å². The van der Waals surface area contributed by atoms with E-state index in [1.54, 1.807) is 15.9 Å². The molecule has 0 atom stereocenters. The van der Waals surface area contributed by atoms with Gasteiger partial charge in [0.05, 0.1) is 24.1 Å². The fourth-order valence-corrected chi connectivity index (χ4v) is 7.10. The van der Waals surface area contributed by atoms with Crippen LogP contribution < -0.4 is 5.56 Å². The highest BCUT2D eigenvalue weighted by atomic mass is 32.1. The lowest BCUT2D eigenvalue weighted by Gasteiger charge is -2.38. The Bertz CT molecular complexity index is 1910. The molecule has 7 rings (SSSR count). The van der Waals surface area contributed by atoms with Gasteiger partial charge in [-0.3, -0.25) is 4.79 Å². The van der Waals surface area contributed by atoms with Crippen molar-refractivity contribution in [2.45, 2.75) is 19.0 Å². The first-order valence-corrected chi connectivity index (χ1v) is 14.9. The summed E-state index contributed by atoms with van der Waals surface area (Å²) in [4.78, 5) is 19.7. The summed E-state index contributed by atoms with van der Waals surface area (Å²) in [6, 6.07) is 46.0. The molecule has 0 radical (unpaired) electrons. The molecule has 0 saturated carbocycles. The molecular formula is C37H29N3OS. The summed E-state index contributed by atoms with van der Waals surface area (Å²) < 4.78 is 5.22. The molecule has 0 saturated heterocycles. The van der Waals surface area contributed by atoms with E-state index >= 15 is 0 Å². The number of benzene rings is 4. The van der Waals surface area contributed by atoms with Crippen LogP contribution >= 0.6 is 11.3 Å². The quantitative estimate of drug-likeness (QED) is 0.184. The van der Waals surface area contributed by atoms with Crippen LogP contribution in [0.25, 0.3) is 20.5 Å². The van der Waals surface area contributed by atoms with Crippen molar-refractivity contribution in [2.75, 3.05) is 0 Å². The zero-order chi connectivity index (χ0) is 28.5. The van der Waals surface area contributed by atoms with Crippen molar-refractivity contribution in [1.29, 1.82) is 0 Å². The Morgan fingerprint density at radius 1 is 0.714 bits per heavy atom. The molecular weight excluding hydrogens is 534 g/mol. The third-order valence-corrected chi connectivity index (χ3v) is 9.22. The molecule has 0 bridgehead atoms. The predicted octanol–water partition coefficient (Wildman–Crippen LogP) is 8.12. The maximum Gasteiger partial charge on any atom is 0.259 e. The van der Waals surface area contributed by atoms with Crippen LogP contribution in [-0.2, 0) is 12.1 Å². The van der Waals surface area contributed by atoms with Gasteiger partial charge < -0.3 is 9.13 Å². The molecule has 0 amide bonds. The molecule has 42 heavy (non-hydrogen) atoms. The molecule has 0 aliphatic heterocycles. The van der Waals surface area contributed by atoms with Gasteiger partial charge in [-0.15, -0.1) is 11.3 Å². The molecule has 4 nitrogen and oxygen atoms in total. The van der Waals surface area contributed by atoms with Crippen molar-refractivity contribution < 1.29 is 0 Å². The first kappa shape index (κ1) is 25.9. The van der Waals surface area contributed by atoms with E-state index in [1.807, 2.05) is 55.0 Å². The Kier molecular flexibility index (Phi) is 6.65. The maximum atomic E-state index is 13.8. The van der Waals surface area contributed by atoms with Gasteiger partial charge in [0.15, 0.2) is 0 Å². The fraction of sp³-hybridized carbons (Fsp3) is 0.0811. The maximum absolute atomic E-state index is 13.8. The highest BCUT2D eigenvalue weighted by Gasteiger charge is 2.39. The standard InChI is InChI=1S/C37H29N3OS/c1-27-33(25-39-23-13-21-32(36(39)41)35-24-28-14-11-12-22-34(28)42-35)38-26-40(27)37(29-15-5-2-6-16-29,30-17-7-3-8-18-30)31-19-9-4-10-20-31/h2-24,26H,25H2,1H3. The van der Waals surface area contributed by atoms with Gasteiger partial charge in [0, 0.05) is 21.5 Å². The molecule has 0 aliphatic carbocycles. The van der Waals surface area contributed by atoms with Crippen molar-refractivity contribution in [1.82, 2.24) is 14.1 Å². The molecule has 5 heteroatoms. The number of rotatable bonds is 7. The lowest BCUT2D eigenvalue weighted by atomic mass is 9.76. The second-order valence-electron chi connectivity index (χ2n) is 10.5. The Morgan fingerprint density at radius 3 is 1.88 bits per heavy atom. The van der Waals surface area contributed by atoms with Gasteiger partial charge in [-0.25, -0.2) is 4.98 Å². The minimum Gasteiger partial charge on any atom is -0.316 e. The summed E-state index contributed by atoms with van der Waals surface area (Å²) in [6.07, 6.45) is 3.79. The summed E-state index contributed by atoms with van der Waals surface area (Å²) in [5.74, 6) is 0. The number of hydrogen-bond donors (Lipinski definition) is 0. The summed E-state index contributed by atoms with van der Waals surface area (Å²) in [7, 11) is 0. The SMILES string of the molecule is Cc1c(Cn2cccc(-c3cc4ccccc4s3)c2=O)ncn1C(c1ccccc1)(c1ccccc1)c1ccccc1. The number of hydrogen-bond acceptors (Lipinski definition) is 3. The minimum absolute atomic E-state index is 0.0153. The second kappa shape index (κ2) is 10.8. The van der Waals surface area contributed by atoms with Crippen LogP contribution in [0.4, 0.5) is 0 Å². The number of pyridine rings is 1. The van der Waals surface area contributed by atoms with Crippen molar-refractivity contribution >= 4 is 21.4 Å². The van der Waals surface area contributed by atoms with E-state index in [0.29, 0.717) is 12.1 Å². The van der Waals surface area contributed by atoms with Crippen LogP contribution in [0.1, 0.15) is 28.1 Å². The van der Waals surface area contributed by atoms with Gasteiger partial charge in [-0.2, -0.15) is 0 Å². The first-order chi connectivity index (χ1) is 20.7. The van der Waals surface area contributed by atoms with Gasteiger partial charge in [-0.1, -0.05) is 109 Å². The normalized spacial score (nSPS) is 11.6. The average Bonchev–Trinajstić information content (AvgIpc) is 3.64. The van der Waals surface area contributed by atoms with E-state index in [2.05, 4.69) is 102 Å². The summed E-state index contributed by atoms with van der Waals surface area (Å²) in [5.41, 5.74) is 5.32. The van der Waals surface area contributed by atoms with Gasteiger partial charge in [0.25, 0.3) is 5.56 Å². The van der Waals surface area contributed by atoms with E-state index in [4.69, 9.17) is 4.98 Å². The third-order valence-electron chi connectivity index (χ3n) is 8.08. The van der Waals surface area contributed by atoms with Crippen LogP contribution in [0.15, 0.2) is 151 Å².